The molecule has 2 heteroatoms. The molecule has 0 aromatic heterocycles. The molecule has 2 nitrogen and oxygen atoms in total. The van der Waals surface area contributed by atoms with E-state index in [0.29, 0.717) is 11.5 Å². The summed E-state index contributed by atoms with van der Waals surface area (Å²) in [4.78, 5) is 2.76. The minimum absolute atomic E-state index is 0.397. The first-order valence-corrected chi connectivity index (χ1v) is 7.90. The molecule has 18 heavy (non-hydrogen) atoms. The van der Waals surface area contributed by atoms with Crippen molar-refractivity contribution in [3.8, 4) is 0 Å². The van der Waals surface area contributed by atoms with Crippen LogP contribution in [0.1, 0.15) is 53.4 Å². The Kier molecular flexibility index (Phi) is 4.71. The van der Waals surface area contributed by atoms with E-state index in [1.165, 1.54) is 45.3 Å². The molecule has 106 valence electrons. The van der Waals surface area contributed by atoms with Crippen molar-refractivity contribution in [1.29, 1.82) is 0 Å². The molecule has 0 aromatic rings. The van der Waals surface area contributed by atoms with Crippen molar-refractivity contribution in [2.45, 2.75) is 59.4 Å². The van der Waals surface area contributed by atoms with E-state index in [4.69, 9.17) is 0 Å². The maximum absolute atomic E-state index is 3.60. The van der Waals surface area contributed by atoms with E-state index in [1.807, 2.05) is 0 Å². The van der Waals surface area contributed by atoms with Gasteiger partial charge in [-0.25, -0.2) is 0 Å². The summed E-state index contributed by atoms with van der Waals surface area (Å²) in [5.41, 5.74) is 0.397. The van der Waals surface area contributed by atoms with Gasteiger partial charge in [0.1, 0.15) is 0 Å². The summed E-state index contributed by atoms with van der Waals surface area (Å²) in [6.07, 6.45) is 5.91. The molecule has 0 aliphatic heterocycles. The zero-order valence-corrected chi connectivity index (χ0v) is 12.8. The highest BCUT2D eigenvalue weighted by Crippen LogP contribution is 2.34. The summed E-state index contributed by atoms with van der Waals surface area (Å²) in [6.45, 7) is 14.4. The molecule has 1 N–H and O–H groups in total. The van der Waals surface area contributed by atoms with E-state index in [0.717, 1.165) is 18.4 Å². The van der Waals surface area contributed by atoms with Crippen LogP contribution in [-0.4, -0.2) is 37.1 Å². The Labute approximate surface area is 114 Å². The van der Waals surface area contributed by atoms with E-state index < -0.39 is 0 Å². The Morgan fingerprint density at radius 2 is 1.56 bits per heavy atom. The number of nitrogens with one attached hydrogen (secondary N) is 1. The highest BCUT2D eigenvalue weighted by atomic mass is 15.1. The van der Waals surface area contributed by atoms with Crippen molar-refractivity contribution >= 4 is 0 Å². The van der Waals surface area contributed by atoms with E-state index in [-0.39, 0.29) is 0 Å². The largest absolute Gasteiger partial charge is 0.314 e. The molecule has 0 heterocycles. The van der Waals surface area contributed by atoms with E-state index in [1.54, 1.807) is 0 Å². The minimum Gasteiger partial charge on any atom is -0.314 e. The summed E-state index contributed by atoms with van der Waals surface area (Å²) >= 11 is 0. The molecule has 0 unspecified atom stereocenters. The average molecular weight is 252 g/mol. The predicted octanol–water partition coefficient (Wildman–Crippen LogP) is 3.13. The fourth-order valence-corrected chi connectivity index (χ4v) is 2.68. The van der Waals surface area contributed by atoms with Crippen molar-refractivity contribution < 1.29 is 0 Å². The third-order valence-electron chi connectivity index (χ3n) is 4.07. The van der Waals surface area contributed by atoms with Crippen LogP contribution >= 0.6 is 0 Å². The first kappa shape index (κ1) is 14.3. The van der Waals surface area contributed by atoms with Crippen molar-refractivity contribution in [2.75, 3.05) is 26.2 Å². The number of rotatable bonds is 9. The summed E-state index contributed by atoms with van der Waals surface area (Å²) < 4.78 is 0. The summed E-state index contributed by atoms with van der Waals surface area (Å²) in [6, 6.07) is 0.601. The van der Waals surface area contributed by atoms with Gasteiger partial charge in [0.15, 0.2) is 0 Å². The van der Waals surface area contributed by atoms with Gasteiger partial charge in [0.25, 0.3) is 0 Å². The van der Waals surface area contributed by atoms with Gasteiger partial charge in [-0.1, -0.05) is 27.7 Å². The highest BCUT2D eigenvalue weighted by molar-refractivity contribution is 4.85. The molecular formula is C16H32N2. The highest BCUT2D eigenvalue weighted by Gasteiger charge is 2.31. The lowest BCUT2D eigenvalue weighted by molar-refractivity contribution is 0.160. The second-order valence-corrected chi connectivity index (χ2v) is 7.78. The van der Waals surface area contributed by atoms with Crippen LogP contribution in [0.25, 0.3) is 0 Å². The Bertz CT molecular complexity index is 238. The maximum atomic E-state index is 3.60. The number of hydrogen-bond acceptors (Lipinski definition) is 2. The molecule has 2 rings (SSSR count). The molecule has 2 fully saturated rings. The third kappa shape index (κ3) is 5.71. The Balaban J connectivity index is 1.76. The van der Waals surface area contributed by atoms with Crippen LogP contribution in [0.3, 0.4) is 0 Å². The summed E-state index contributed by atoms with van der Waals surface area (Å²) in [5.74, 6) is 2.05. The van der Waals surface area contributed by atoms with Crippen LogP contribution in [0.5, 0.6) is 0 Å². The molecule has 0 bridgehead atoms. The van der Waals surface area contributed by atoms with Gasteiger partial charge in [-0.05, 0) is 42.9 Å². The van der Waals surface area contributed by atoms with E-state index in [9.17, 15) is 0 Å². The molecule has 2 aliphatic carbocycles. The Hall–Kier alpha value is -0.0800. The molecule has 2 aliphatic rings. The molecule has 2 saturated carbocycles. The van der Waals surface area contributed by atoms with Crippen molar-refractivity contribution in [3.05, 3.63) is 0 Å². The maximum Gasteiger partial charge on any atom is 0.00451 e. The fourth-order valence-electron chi connectivity index (χ4n) is 2.68. The molecule has 0 radical (unpaired) electrons. The molecular weight excluding hydrogens is 220 g/mol. The van der Waals surface area contributed by atoms with Crippen molar-refractivity contribution in [3.63, 3.8) is 0 Å². The third-order valence-corrected chi connectivity index (χ3v) is 4.07. The molecule has 0 atom stereocenters. The van der Waals surface area contributed by atoms with Gasteiger partial charge in [0.2, 0.25) is 0 Å². The van der Waals surface area contributed by atoms with Crippen LogP contribution in [0.2, 0.25) is 0 Å². The minimum atomic E-state index is 0.397. The molecule has 0 saturated heterocycles. The standard InChI is InChI=1S/C16H32N2/c1-13(2)17-11-16(3,4)12-18(9-14-5-6-14)10-15-7-8-15/h13-15,17H,5-12H2,1-4H3. The first-order valence-electron chi connectivity index (χ1n) is 7.90. The topological polar surface area (TPSA) is 15.3 Å². The van der Waals surface area contributed by atoms with E-state index >= 15 is 0 Å². The predicted molar refractivity (Wildman–Crippen MR) is 78.8 cm³/mol. The Morgan fingerprint density at radius 3 is 1.94 bits per heavy atom. The van der Waals surface area contributed by atoms with Gasteiger partial charge in [0.05, 0.1) is 0 Å². The Morgan fingerprint density at radius 1 is 1.06 bits per heavy atom. The lowest BCUT2D eigenvalue weighted by atomic mass is 9.92. The lowest BCUT2D eigenvalue weighted by Gasteiger charge is -2.34. The smallest absolute Gasteiger partial charge is 0.00451 e. The SMILES string of the molecule is CC(C)NCC(C)(C)CN(CC1CC1)CC1CC1. The lowest BCUT2D eigenvalue weighted by Crippen LogP contribution is -2.43. The van der Waals surface area contributed by atoms with Crippen molar-refractivity contribution in [2.24, 2.45) is 17.3 Å². The van der Waals surface area contributed by atoms with Gasteiger partial charge in [-0.2, -0.15) is 0 Å². The first-order chi connectivity index (χ1) is 8.44. The normalized spacial score (nSPS) is 21.0. The monoisotopic (exact) mass is 252 g/mol. The van der Waals surface area contributed by atoms with Gasteiger partial charge >= 0.3 is 0 Å². The van der Waals surface area contributed by atoms with Crippen LogP contribution in [0, 0.1) is 17.3 Å². The average Bonchev–Trinajstić information content (AvgIpc) is 3.10. The van der Waals surface area contributed by atoms with Crippen LogP contribution in [0.4, 0.5) is 0 Å². The quantitative estimate of drug-likeness (QED) is 0.678. The van der Waals surface area contributed by atoms with Gasteiger partial charge in [-0.15, -0.1) is 0 Å². The zero-order chi connectivity index (χ0) is 13.2. The van der Waals surface area contributed by atoms with E-state index in [2.05, 4.69) is 37.9 Å². The van der Waals surface area contributed by atoms with Gasteiger partial charge in [-0.3, -0.25) is 0 Å². The van der Waals surface area contributed by atoms with Crippen LogP contribution in [-0.2, 0) is 0 Å². The number of nitrogens with zero attached hydrogens (tertiary/aromatic N) is 1. The zero-order valence-electron chi connectivity index (χ0n) is 12.8. The second kappa shape index (κ2) is 5.92. The number of hydrogen-bond donors (Lipinski definition) is 1. The summed E-state index contributed by atoms with van der Waals surface area (Å²) in [7, 11) is 0. The van der Waals surface area contributed by atoms with Crippen molar-refractivity contribution in [1.82, 2.24) is 10.2 Å². The van der Waals surface area contributed by atoms with Crippen LogP contribution in [0.15, 0.2) is 0 Å². The van der Waals surface area contributed by atoms with Gasteiger partial charge < -0.3 is 10.2 Å². The second-order valence-electron chi connectivity index (χ2n) is 7.78. The fraction of sp³-hybridized carbons (Fsp3) is 1.00. The summed E-state index contributed by atoms with van der Waals surface area (Å²) in [5, 5.41) is 3.60. The molecule has 0 amide bonds. The van der Waals surface area contributed by atoms with Gasteiger partial charge in [0, 0.05) is 32.2 Å². The molecule has 0 spiro atoms. The van der Waals surface area contributed by atoms with Crippen LogP contribution < -0.4 is 5.32 Å². The molecule has 0 aromatic carbocycles.